The van der Waals surface area contributed by atoms with Gasteiger partial charge in [0.15, 0.2) is 0 Å². The molecular formula is C9H14IN3OS. The van der Waals surface area contributed by atoms with E-state index in [0.29, 0.717) is 12.4 Å². The maximum atomic E-state index is 5.80. The number of ether oxygens (including phenoxy) is 1. The summed E-state index contributed by atoms with van der Waals surface area (Å²) in [5.41, 5.74) is 6.67. The maximum absolute atomic E-state index is 5.80. The second-order valence-electron chi connectivity index (χ2n) is 2.86. The highest BCUT2D eigenvalue weighted by atomic mass is 127. The summed E-state index contributed by atoms with van der Waals surface area (Å²) in [6.45, 7) is 2.59. The minimum absolute atomic E-state index is 0.481. The van der Waals surface area contributed by atoms with Crippen LogP contribution in [0.15, 0.2) is 0 Å². The van der Waals surface area contributed by atoms with Crippen molar-refractivity contribution in [2.75, 3.05) is 18.6 Å². The third-order valence-corrected chi connectivity index (χ3v) is 3.75. The molecule has 0 aliphatic carbocycles. The third-order valence-electron chi connectivity index (χ3n) is 1.71. The molecule has 1 aromatic rings. The summed E-state index contributed by atoms with van der Waals surface area (Å²) < 4.78 is 5.95. The van der Waals surface area contributed by atoms with E-state index >= 15 is 0 Å². The predicted molar refractivity (Wildman–Crippen MR) is 71.7 cm³/mol. The number of halogens is 1. The molecule has 0 amide bonds. The molecule has 2 N–H and O–H groups in total. The Bertz CT molecular complexity index is 335. The highest BCUT2D eigenvalue weighted by Crippen LogP contribution is 2.19. The first-order chi connectivity index (χ1) is 7.19. The van der Waals surface area contributed by atoms with E-state index in [0.717, 1.165) is 26.6 Å². The van der Waals surface area contributed by atoms with E-state index in [1.54, 1.807) is 18.9 Å². The highest BCUT2D eigenvalue weighted by molar-refractivity contribution is 14.1. The summed E-state index contributed by atoms with van der Waals surface area (Å²) in [7, 11) is 1.65. The number of nitrogens with two attached hydrogens (primary N) is 1. The van der Waals surface area contributed by atoms with Crippen molar-refractivity contribution in [2.24, 2.45) is 0 Å². The Hall–Kier alpha value is -0.0800. The van der Waals surface area contributed by atoms with Crippen LogP contribution in [0.5, 0.6) is 0 Å². The fraction of sp³-hybridized carbons (Fsp3) is 0.556. The standard InChI is InChI=1S/C9H14IN3OS/c1-3-15-5-7-12-6(4-14-2)8(10)9(11)13-7/h3-5H2,1-2H3,(H2,11,12,13). The summed E-state index contributed by atoms with van der Waals surface area (Å²) in [6.07, 6.45) is 0. The summed E-state index contributed by atoms with van der Waals surface area (Å²) in [5, 5.41) is 0. The predicted octanol–water partition coefficient (Wildman–Crippen LogP) is 2.06. The van der Waals surface area contributed by atoms with Crippen LogP contribution in [0.1, 0.15) is 18.4 Å². The molecule has 15 heavy (non-hydrogen) atoms. The van der Waals surface area contributed by atoms with E-state index in [4.69, 9.17) is 10.5 Å². The van der Waals surface area contributed by atoms with Crippen LogP contribution in [0.4, 0.5) is 5.82 Å². The number of nitrogens with zero attached hydrogens (tertiary/aromatic N) is 2. The fourth-order valence-corrected chi connectivity index (χ4v) is 1.97. The minimum atomic E-state index is 0.481. The minimum Gasteiger partial charge on any atom is -0.383 e. The molecule has 0 bridgehead atoms. The van der Waals surface area contributed by atoms with Crippen molar-refractivity contribution in [3.63, 3.8) is 0 Å². The Morgan fingerprint density at radius 1 is 1.47 bits per heavy atom. The van der Waals surface area contributed by atoms with Crippen molar-refractivity contribution in [1.29, 1.82) is 0 Å². The zero-order valence-electron chi connectivity index (χ0n) is 8.79. The van der Waals surface area contributed by atoms with Crippen LogP contribution in [-0.4, -0.2) is 22.8 Å². The first-order valence-electron chi connectivity index (χ1n) is 4.56. The van der Waals surface area contributed by atoms with Crippen molar-refractivity contribution in [3.05, 3.63) is 15.1 Å². The van der Waals surface area contributed by atoms with Gasteiger partial charge in [0.05, 0.1) is 21.6 Å². The van der Waals surface area contributed by atoms with Gasteiger partial charge in [-0.3, -0.25) is 0 Å². The van der Waals surface area contributed by atoms with E-state index in [-0.39, 0.29) is 0 Å². The van der Waals surface area contributed by atoms with Crippen molar-refractivity contribution >= 4 is 40.2 Å². The number of hydrogen-bond donors (Lipinski definition) is 1. The summed E-state index contributed by atoms with van der Waals surface area (Å²) in [5.74, 6) is 3.18. The van der Waals surface area contributed by atoms with Crippen LogP contribution >= 0.6 is 34.4 Å². The van der Waals surface area contributed by atoms with Gasteiger partial charge in [-0.2, -0.15) is 11.8 Å². The lowest BCUT2D eigenvalue weighted by Crippen LogP contribution is -2.07. The van der Waals surface area contributed by atoms with Crippen molar-refractivity contribution < 1.29 is 4.74 Å². The van der Waals surface area contributed by atoms with Crippen molar-refractivity contribution in [2.45, 2.75) is 19.3 Å². The molecule has 1 heterocycles. The van der Waals surface area contributed by atoms with Crippen LogP contribution in [0.3, 0.4) is 0 Å². The van der Waals surface area contributed by atoms with Gasteiger partial charge in [-0.15, -0.1) is 0 Å². The van der Waals surface area contributed by atoms with E-state index in [9.17, 15) is 0 Å². The topological polar surface area (TPSA) is 61.0 Å². The second-order valence-corrected chi connectivity index (χ2v) is 5.21. The molecule has 1 rings (SSSR count). The quantitative estimate of drug-likeness (QED) is 0.832. The van der Waals surface area contributed by atoms with E-state index in [1.807, 2.05) is 0 Å². The smallest absolute Gasteiger partial charge is 0.141 e. The van der Waals surface area contributed by atoms with Gasteiger partial charge in [0.2, 0.25) is 0 Å². The van der Waals surface area contributed by atoms with Crippen LogP contribution in [0.2, 0.25) is 0 Å². The molecule has 0 saturated carbocycles. The Kier molecular flexibility index (Phi) is 5.62. The van der Waals surface area contributed by atoms with Gasteiger partial charge < -0.3 is 10.5 Å². The molecule has 0 radical (unpaired) electrons. The number of thioether (sulfide) groups is 1. The van der Waals surface area contributed by atoms with Crippen molar-refractivity contribution in [3.8, 4) is 0 Å². The van der Waals surface area contributed by atoms with Gasteiger partial charge >= 0.3 is 0 Å². The van der Waals surface area contributed by atoms with Crippen LogP contribution in [-0.2, 0) is 17.1 Å². The Balaban J connectivity index is 2.90. The lowest BCUT2D eigenvalue weighted by atomic mass is 10.4. The maximum Gasteiger partial charge on any atom is 0.141 e. The molecule has 0 atom stereocenters. The van der Waals surface area contributed by atoms with Gasteiger partial charge in [-0.1, -0.05) is 6.92 Å². The van der Waals surface area contributed by atoms with Gasteiger partial charge in [0.1, 0.15) is 11.6 Å². The normalized spacial score (nSPS) is 10.6. The summed E-state index contributed by atoms with van der Waals surface area (Å²) >= 11 is 3.92. The fourth-order valence-electron chi connectivity index (χ4n) is 1.06. The number of hydrogen-bond acceptors (Lipinski definition) is 5. The monoisotopic (exact) mass is 339 g/mol. The molecule has 4 nitrogen and oxygen atoms in total. The number of rotatable bonds is 5. The molecule has 0 fully saturated rings. The van der Waals surface area contributed by atoms with Crippen molar-refractivity contribution in [1.82, 2.24) is 9.97 Å². The average molecular weight is 339 g/mol. The molecule has 0 unspecified atom stereocenters. The van der Waals surface area contributed by atoms with Gasteiger partial charge in [-0.05, 0) is 28.3 Å². The highest BCUT2D eigenvalue weighted by Gasteiger charge is 2.09. The molecule has 0 saturated heterocycles. The van der Waals surface area contributed by atoms with Crippen LogP contribution in [0.25, 0.3) is 0 Å². The molecule has 0 aromatic carbocycles. The Morgan fingerprint density at radius 3 is 2.80 bits per heavy atom. The van der Waals surface area contributed by atoms with Gasteiger partial charge in [0, 0.05) is 7.11 Å². The molecule has 6 heteroatoms. The van der Waals surface area contributed by atoms with Gasteiger partial charge in [-0.25, -0.2) is 9.97 Å². The summed E-state index contributed by atoms with van der Waals surface area (Å²) in [6, 6.07) is 0. The van der Waals surface area contributed by atoms with Crippen LogP contribution in [0, 0.1) is 3.57 Å². The molecular weight excluding hydrogens is 325 g/mol. The first kappa shape index (κ1) is 13.0. The Morgan fingerprint density at radius 2 is 2.20 bits per heavy atom. The number of nitrogen functional groups attached to an aromatic ring is 1. The Labute approximate surface area is 108 Å². The van der Waals surface area contributed by atoms with Gasteiger partial charge in [0.25, 0.3) is 0 Å². The van der Waals surface area contributed by atoms with Crippen LogP contribution < -0.4 is 5.73 Å². The zero-order valence-corrected chi connectivity index (χ0v) is 11.8. The molecule has 84 valence electrons. The molecule has 1 aromatic heterocycles. The lowest BCUT2D eigenvalue weighted by molar-refractivity contribution is 0.180. The van der Waals surface area contributed by atoms with E-state index in [2.05, 4.69) is 39.5 Å². The molecule has 0 spiro atoms. The summed E-state index contributed by atoms with van der Waals surface area (Å²) in [4.78, 5) is 8.65. The number of anilines is 1. The molecule has 0 aliphatic heterocycles. The second kappa shape index (κ2) is 6.49. The number of methoxy groups -OCH3 is 1. The SMILES string of the molecule is CCSCc1nc(N)c(I)c(COC)n1. The lowest BCUT2D eigenvalue weighted by Gasteiger charge is -2.07. The van der Waals surface area contributed by atoms with E-state index in [1.165, 1.54) is 0 Å². The largest absolute Gasteiger partial charge is 0.383 e. The number of aromatic nitrogens is 2. The first-order valence-corrected chi connectivity index (χ1v) is 6.79. The average Bonchev–Trinajstić information content (AvgIpc) is 2.22. The third kappa shape index (κ3) is 3.76. The molecule has 0 aliphatic rings. The van der Waals surface area contributed by atoms with E-state index < -0.39 is 0 Å². The zero-order chi connectivity index (χ0) is 11.3.